The van der Waals surface area contributed by atoms with Gasteiger partial charge in [0.2, 0.25) is 5.82 Å². The van der Waals surface area contributed by atoms with Gasteiger partial charge < -0.3 is 10.5 Å². The molecule has 0 radical (unpaired) electrons. The summed E-state index contributed by atoms with van der Waals surface area (Å²) in [5.74, 6) is 0.353. The molecule has 1 aliphatic heterocycles. The van der Waals surface area contributed by atoms with Gasteiger partial charge in [-0.25, -0.2) is 4.98 Å². The summed E-state index contributed by atoms with van der Waals surface area (Å²) in [6.07, 6.45) is 5.59. The minimum Gasteiger partial charge on any atom is -0.623 e. The maximum Gasteiger partial charge on any atom is 0.253 e. The maximum atomic E-state index is 11.9. The van der Waals surface area contributed by atoms with Crippen LogP contribution >= 0.6 is 0 Å². The molecule has 0 bridgehead atoms. The van der Waals surface area contributed by atoms with Crippen LogP contribution in [-0.2, 0) is 11.2 Å². The van der Waals surface area contributed by atoms with E-state index < -0.39 is 0 Å². The molecule has 1 amide bonds. The highest BCUT2D eigenvalue weighted by molar-refractivity contribution is 5.94. The van der Waals surface area contributed by atoms with E-state index in [0.717, 1.165) is 18.4 Å². The fraction of sp³-hybridized carbons (Fsp3) is 0.333. The van der Waals surface area contributed by atoms with Crippen LogP contribution in [0.4, 0.5) is 5.82 Å². The summed E-state index contributed by atoms with van der Waals surface area (Å²) in [5, 5.41) is 14.5. The molecule has 1 aromatic rings. The van der Waals surface area contributed by atoms with Crippen molar-refractivity contribution < 1.29 is 9.86 Å². The Labute approximate surface area is 98.7 Å². The van der Waals surface area contributed by atoms with Gasteiger partial charge in [-0.2, -0.15) is 0 Å². The number of rotatable bonds is 2. The van der Waals surface area contributed by atoms with E-state index in [1.807, 2.05) is 6.07 Å². The maximum absolute atomic E-state index is 11.9. The molecule has 5 heteroatoms. The second-order valence-corrected chi connectivity index (χ2v) is 4.47. The lowest BCUT2D eigenvalue weighted by Gasteiger charge is -2.24. The minimum absolute atomic E-state index is 0.115. The van der Waals surface area contributed by atoms with Gasteiger partial charge in [0.05, 0.1) is 5.57 Å². The Morgan fingerprint density at radius 3 is 3.12 bits per heavy atom. The van der Waals surface area contributed by atoms with Crippen molar-refractivity contribution in [1.82, 2.24) is 10.3 Å². The summed E-state index contributed by atoms with van der Waals surface area (Å²) in [7, 11) is 0. The lowest BCUT2D eigenvalue weighted by atomic mass is 10.0. The van der Waals surface area contributed by atoms with Crippen molar-refractivity contribution >= 4 is 11.7 Å². The van der Waals surface area contributed by atoms with Crippen molar-refractivity contribution in [1.29, 1.82) is 0 Å². The number of hydrogen-bond donors (Lipinski definition) is 2. The Morgan fingerprint density at radius 2 is 2.35 bits per heavy atom. The van der Waals surface area contributed by atoms with E-state index >= 15 is 0 Å². The van der Waals surface area contributed by atoms with E-state index in [4.69, 9.17) is 0 Å². The number of hydrogen-bond acceptors (Lipinski definition) is 3. The first kappa shape index (κ1) is 10.4. The molecule has 3 rings (SSSR count). The van der Waals surface area contributed by atoms with Gasteiger partial charge in [0.1, 0.15) is 6.20 Å². The highest BCUT2D eigenvalue weighted by atomic mass is 16.5. The number of hydroxylamine groups is 1. The van der Waals surface area contributed by atoms with Gasteiger partial charge in [-0.3, -0.25) is 9.86 Å². The lowest BCUT2D eigenvalue weighted by Crippen LogP contribution is -2.98. The Kier molecular flexibility index (Phi) is 2.42. The first-order valence-electron chi connectivity index (χ1n) is 5.74. The number of carbonyl (C=O) groups excluding carboxylic acids is 1. The summed E-state index contributed by atoms with van der Waals surface area (Å²) >= 11 is 0. The van der Waals surface area contributed by atoms with Crippen molar-refractivity contribution in [2.24, 2.45) is 0 Å². The van der Waals surface area contributed by atoms with Crippen LogP contribution in [0.2, 0.25) is 0 Å². The van der Waals surface area contributed by atoms with Crippen molar-refractivity contribution in [2.45, 2.75) is 25.3 Å². The molecule has 88 valence electrons. The van der Waals surface area contributed by atoms with Crippen LogP contribution in [0.1, 0.15) is 18.4 Å². The lowest BCUT2D eigenvalue weighted by molar-refractivity contribution is -0.719. The molecule has 1 aromatic heterocycles. The SMILES string of the molecule is O=C(NC1CC1)C1=C[NH+]([O-])c2ncccc2C1. The standard InChI is InChI=1S/C12H13N3O2/c16-12(14-10-3-4-10)9-6-8-2-1-5-13-11(8)15(17)7-9/h1-2,5,7,10,15H,3-4,6H2,(H,14,16). The molecule has 5 nitrogen and oxygen atoms in total. The second kappa shape index (κ2) is 3.94. The Hall–Kier alpha value is -1.72. The molecule has 2 heterocycles. The van der Waals surface area contributed by atoms with Crippen molar-refractivity contribution in [3.63, 3.8) is 0 Å². The van der Waals surface area contributed by atoms with Crippen molar-refractivity contribution in [2.75, 3.05) is 0 Å². The third-order valence-electron chi connectivity index (χ3n) is 3.02. The number of quaternary nitrogens is 1. The average molecular weight is 231 g/mol. The van der Waals surface area contributed by atoms with Crippen molar-refractivity contribution in [3.8, 4) is 0 Å². The summed E-state index contributed by atoms with van der Waals surface area (Å²) < 4.78 is 0. The zero-order chi connectivity index (χ0) is 11.8. The molecular weight excluding hydrogens is 218 g/mol. The highest BCUT2D eigenvalue weighted by Gasteiger charge is 2.28. The van der Waals surface area contributed by atoms with Crippen LogP contribution in [0.3, 0.4) is 0 Å². The van der Waals surface area contributed by atoms with E-state index in [0.29, 0.717) is 23.9 Å². The van der Waals surface area contributed by atoms with Crippen LogP contribution in [-0.4, -0.2) is 16.9 Å². The van der Waals surface area contributed by atoms with Crippen LogP contribution in [0.5, 0.6) is 0 Å². The number of pyridine rings is 1. The third-order valence-corrected chi connectivity index (χ3v) is 3.02. The summed E-state index contributed by atoms with van der Waals surface area (Å²) in [4.78, 5) is 15.9. The Morgan fingerprint density at radius 1 is 1.53 bits per heavy atom. The molecule has 1 aliphatic carbocycles. The van der Waals surface area contributed by atoms with Gasteiger partial charge in [-0.05, 0) is 25.0 Å². The van der Waals surface area contributed by atoms with Gasteiger partial charge in [-0.15, -0.1) is 0 Å². The number of nitrogens with one attached hydrogen (secondary N) is 2. The van der Waals surface area contributed by atoms with Crippen molar-refractivity contribution in [3.05, 3.63) is 40.9 Å². The molecule has 1 unspecified atom stereocenters. The predicted octanol–water partition coefficient (Wildman–Crippen LogP) is -0.186. The summed E-state index contributed by atoms with van der Waals surface area (Å²) in [5.41, 5.74) is 1.38. The molecule has 17 heavy (non-hydrogen) atoms. The Balaban J connectivity index is 1.82. The number of amides is 1. The molecule has 1 saturated carbocycles. The average Bonchev–Trinajstić information content (AvgIpc) is 3.13. The molecular formula is C12H13N3O2. The molecule has 0 saturated heterocycles. The molecule has 1 fully saturated rings. The third kappa shape index (κ3) is 2.07. The fourth-order valence-electron chi connectivity index (χ4n) is 1.94. The summed E-state index contributed by atoms with van der Waals surface area (Å²) in [6, 6.07) is 3.94. The van der Waals surface area contributed by atoms with Gasteiger partial charge in [0.15, 0.2) is 0 Å². The van der Waals surface area contributed by atoms with Crippen LogP contribution in [0, 0.1) is 5.21 Å². The number of fused-ring (bicyclic) bond motifs is 1. The first-order chi connectivity index (χ1) is 8.24. The van der Waals surface area contributed by atoms with Crippen LogP contribution in [0.15, 0.2) is 30.1 Å². The molecule has 0 spiro atoms. The van der Waals surface area contributed by atoms with Crippen LogP contribution in [0.25, 0.3) is 0 Å². The van der Waals surface area contributed by atoms with Gasteiger partial charge in [0, 0.05) is 24.2 Å². The highest BCUT2D eigenvalue weighted by Crippen LogP contribution is 2.21. The van der Waals surface area contributed by atoms with E-state index in [-0.39, 0.29) is 11.0 Å². The van der Waals surface area contributed by atoms with Crippen LogP contribution < -0.4 is 10.4 Å². The second-order valence-electron chi connectivity index (χ2n) is 4.47. The van der Waals surface area contributed by atoms with Gasteiger partial charge in [-0.1, -0.05) is 0 Å². The van der Waals surface area contributed by atoms with Gasteiger partial charge in [0.25, 0.3) is 5.91 Å². The molecule has 2 N–H and O–H groups in total. The minimum atomic E-state index is -0.173. The molecule has 1 atom stereocenters. The quantitative estimate of drug-likeness (QED) is 0.693. The fourth-order valence-corrected chi connectivity index (χ4v) is 1.94. The normalized spacial score (nSPS) is 22.6. The van der Waals surface area contributed by atoms with E-state index in [1.165, 1.54) is 6.20 Å². The number of nitrogens with zero attached hydrogens (tertiary/aromatic N) is 1. The monoisotopic (exact) mass is 231 g/mol. The zero-order valence-corrected chi connectivity index (χ0v) is 9.27. The number of carbonyl (C=O) groups is 1. The largest absolute Gasteiger partial charge is 0.623 e. The molecule has 2 aliphatic rings. The Bertz CT molecular complexity index is 494. The predicted molar refractivity (Wildman–Crippen MR) is 61.2 cm³/mol. The van der Waals surface area contributed by atoms with E-state index in [9.17, 15) is 10.0 Å². The summed E-state index contributed by atoms with van der Waals surface area (Å²) in [6.45, 7) is 0. The smallest absolute Gasteiger partial charge is 0.253 e. The first-order valence-corrected chi connectivity index (χ1v) is 5.74. The van der Waals surface area contributed by atoms with E-state index in [1.54, 1.807) is 12.3 Å². The van der Waals surface area contributed by atoms with E-state index in [2.05, 4.69) is 10.3 Å². The van der Waals surface area contributed by atoms with Gasteiger partial charge >= 0.3 is 0 Å². The zero-order valence-electron chi connectivity index (χ0n) is 9.27. The topological polar surface area (TPSA) is 69.5 Å². The molecule has 0 aromatic carbocycles. The number of aromatic nitrogens is 1.